The van der Waals surface area contributed by atoms with Crippen LogP contribution in [0, 0.1) is 12.8 Å². The van der Waals surface area contributed by atoms with Crippen LogP contribution in [0.2, 0.25) is 0 Å². The molecule has 0 N–H and O–H groups in total. The van der Waals surface area contributed by atoms with E-state index in [1.165, 1.54) is 37.0 Å². The number of hydrogen-bond donors (Lipinski definition) is 0. The number of nitrogens with zero attached hydrogens (tertiary/aromatic N) is 1. The predicted molar refractivity (Wildman–Crippen MR) is 62.4 cm³/mol. The van der Waals surface area contributed by atoms with Gasteiger partial charge in [-0.3, -0.25) is 4.79 Å². The van der Waals surface area contributed by atoms with Crippen LogP contribution >= 0.6 is 11.3 Å². The van der Waals surface area contributed by atoms with Crippen LogP contribution in [0.1, 0.15) is 53.9 Å². The highest BCUT2D eigenvalue weighted by molar-refractivity contribution is 7.11. The van der Waals surface area contributed by atoms with Crippen LogP contribution in [0.4, 0.5) is 0 Å². The van der Waals surface area contributed by atoms with Crippen molar-refractivity contribution in [2.24, 2.45) is 5.92 Å². The number of ketones is 1. The minimum atomic E-state index is 0.270. The summed E-state index contributed by atoms with van der Waals surface area (Å²) in [6.07, 6.45) is 7.19. The topological polar surface area (TPSA) is 30.0 Å². The molecule has 0 radical (unpaired) electrons. The van der Waals surface area contributed by atoms with Crippen molar-refractivity contribution in [3.8, 4) is 0 Å². The van der Waals surface area contributed by atoms with Gasteiger partial charge >= 0.3 is 0 Å². The smallest absolute Gasteiger partial charge is 0.177 e. The molecule has 82 valence electrons. The summed E-state index contributed by atoms with van der Waals surface area (Å²) < 4.78 is 0. The minimum absolute atomic E-state index is 0.270. The monoisotopic (exact) mass is 223 g/mol. The molecule has 0 unspecified atom stereocenters. The summed E-state index contributed by atoms with van der Waals surface area (Å²) in [5, 5.41) is 0. The zero-order valence-corrected chi connectivity index (χ0v) is 9.98. The van der Waals surface area contributed by atoms with Gasteiger partial charge in [0, 0.05) is 5.92 Å². The second kappa shape index (κ2) is 4.88. The first-order chi connectivity index (χ1) is 7.29. The first kappa shape index (κ1) is 10.8. The van der Waals surface area contributed by atoms with E-state index in [4.69, 9.17) is 0 Å². The third-order valence-corrected chi connectivity index (χ3v) is 4.14. The molecule has 0 spiro atoms. The molecule has 1 aliphatic carbocycles. The number of aryl methyl sites for hydroxylation is 1. The summed E-state index contributed by atoms with van der Waals surface area (Å²) >= 11 is 1.50. The van der Waals surface area contributed by atoms with Gasteiger partial charge in [0.15, 0.2) is 5.78 Å². The lowest BCUT2D eigenvalue weighted by Gasteiger charge is -2.11. The van der Waals surface area contributed by atoms with E-state index in [1.54, 1.807) is 5.51 Å². The molecule has 2 nitrogen and oxygen atoms in total. The van der Waals surface area contributed by atoms with Gasteiger partial charge in [-0.1, -0.05) is 25.7 Å². The number of hydrogen-bond acceptors (Lipinski definition) is 3. The normalized spacial score (nSPS) is 18.7. The highest BCUT2D eigenvalue weighted by Gasteiger charge is 2.23. The molecule has 0 saturated heterocycles. The van der Waals surface area contributed by atoms with Crippen molar-refractivity contribution in [2.75, 3.05) is 0 Å². The quantitative estimate of drug-likeness (QED) is 0.566. The Balaban J connectivity index is 2.09. The lowest BCUT2D eigenvalue weighted by molar-refractivity contribution is 0.0911. The van der Waals surface area contributed by atoms with Gasteiger partial charge in [-0.2, -0.15) is 0 Å². The molecular formula is C12H17NOS. The predicted octanol–water partition coefficient (Wildman–Crippen LogP) is 3.60. The molecule has 1 aromatic heterocycles. The maximum Gasteiger partial charge on any atom is 0.177 e. The third-order valence-electron chi connectivity index (χ3n) is 3.20. The molecule has 0 aliphatic heterocycles. The SMILES string of the molecule is Cc1ncsc1C(=O)C1CCCCCC1. The van der Waals surface area contributed by atoms with Crippen molar-refractivity contribution in [1.82, 2.24) is 4.98 Å². The van der Waals surface area contributed by atoms with Gasteiger partial charge in [0.05, 0.1) is 16.1 Å². The molecule has 0 bridgehead atoms. The minimum Gasteiger partial charge on any atom is -0.293 e. The maximum absolute atomic E-state index is 12.2. The van der Waals surface area contributed by atoms with E-state index in [0.717, 1.165) is 23.4 Å². The van der Waals surface area contributed by atoms with Crippen LogP contribution in [0.15, 0.2) is 5.51 Å². The summed E-state index contributed by atoms with van der Waals surface area (Å²) in [7, 11) is 0. The number of thiazole rings is 1. The third kappa shape index (κ3) is 2.46. The van der Waals surface area contributed by atoms with Crippen molar-refractivity contribution in [3.63, 3.8) is 0 Å². The highest BCUT2D eigenvalue weighted by atomic mass is 32.1. The summed E-state index contributed by atoms with van der Waals surface area (Å²) in [5.41, 5.74) is 2.69. The zero-order valence-electron chi connectivity index (χ0n) is 9.16. The maximum atomic E-state index is 12.2. The van der Waals surface area contributed by atoms with Gasteiger partial charge in [-0.15, -0.1) is 11.3 Å². The molecule has 1 fully saturated rings. The zero-order chi connectivity index (χ0) is 10.7. The van der Waals surface area contributed by atoms with Crippen molar-refractivity contribution >= 4 is 17.1 Å². The molecule has 0 aromatic carbocycles. The van der Waals surface area contributed by atoms with Gasteiger partial charge in [0.1, 0.15) is 0 Å². The molecule has 0 amide bonds. The van der Waals surface area contributed by atoms with E-state index >= 15 is 0 Å². The molecule has 1 aromatic rings. The standard InChI is InChI=1S/C12H17NOS/c1-9-12(15-8-13-9)11(14)10-6-4-2-3-5-7-10/h8,10H,2-7H2,1H3. The Morgan fingerprint density at radius 3 is 2.53 bits per heavy atom. The largest absolute Gasteiger partial charge is 0.293 e. The van der Waals surface area contributed by atoms with E-state index in [0.29, 0.717) is 5.78 Å². The Labute approximate surface area is 94.7 Å². The molecule has 3 heteroatoms. The second-order valence-electron chi connectivity index (χ2n) is 4.32. The van der Waals surface area contributed by atoms with E-state index in [2.05, 4.69) is 4.98 Å². The Hall–Kier alpha value is -0.700. The molecule has 1 saturated carbocycles. The van der Waals surface area contributed by atoms with Gasteiger partial charge < -0.3 is 0 Å². The van der Waals surface area contributed by atoms with Crippen molar-refractivity contribution < 1.29 is 4.79 Å². The Morgan fingerprint density at radius 1 is 1.33 bits per heavy atom. The van der Waals surface area contributed by atoms with Crippen LogP contribution in [0.5, 0.6) is 0 Å². The van der Waals surface area contributed by atoms with E-state index in [9.17, 15) is 4.79 Å². The van der Waals surface area contributed by atoms with Crippen LogP contribution in [-0.2, 0) is 0 Å². The van der Waals surface area contributed by atoms with Crippen molar-refractivity contribution in [2.45, 2.75) is 45.4 Å². The molecule has 2 rings (SSSR count). The Morgan fingerprint density at radius 2 is 2.00 bits per heavy atom. The molecular weight excluding hydrogens is 206 g/mol. The van der Waals surface area contributed by atoms with Crippen LogP contribution < -0.4 is 0 Å². The van der Waals surface area contributed by atoms with Crippen LogP contribution in [0.3, 0.4) is 0 Å². The van der Waals surface area contributed by atoms with E-state index in [1.807, 2.05) is 6.92 Å². The van der Waals surface area contributed by atoms with Crippen LogP contribution in [-0.4, -0.2) is 10.8 Å². The van der Waals surface area contributed by atoms with Crippen LogP contribution in [0.25, 0.3) is 0 Å². The fourth-order valence-electron chi connectivity index (χ4n) is 2.27. The molecule has 0 atom stereocenters. The molecule has 15 heavy (non-hydrogen) atoms. The van der Waals surface area contributed by atoms with E-state index < -0.39 is 0 Å². The van der Waals surface area contributed by atoms with Gasteiger partial charge in [-0.25, -0.2) is 4.98 Å². The van der Waals surface area contributed by atoms with Gasteiger partial charge in [0.2, 0.25) is 0 Å². The van der Waals surface area contributed by atoms with Gasteiger partial charge in [0.25, 0.3) is 0 Å². The summed E-state index contributed by atoms with van der Waals surface area (Å²) in [6, 6.07) is 0. The van der Waals surface area contributed by atoms with Crippen molar-refractivity contribution in [3.05, 3.63) is 16.1 Å². The second-order valence-corrected chi connectivity index (χ2v) is 5.17. The summed E-state index contributed by atoms with van der Waals surface area (Å²) in [6.45, 7) is 1.93. The Kier molecular flexibility index (Phi) is 3.52. The first-order valence-corrected chi connectivity index (χ1v) is 6.61. The fourth-order valence-corrected chi connectivity index (χ4v) is 3.09. The summed E-state index contributed by atoms with van der Waals surface area (Å²) in [4.78, 5) is 17.2. The molecule has 1 heterocycles. The first-order valence-electron chi connectivity index (χ1n) is 5.73. The number of Topliss-reactive ketones (excluding diaryl/α,β-unsaturated/α-hetero) is 1. The molecule has 1 aliphatic rings. The highest BCUT2D eigenvalue weighted by Crippen LogP contribution is 2.28. The Bertz CT molecular complexity index is 337. The van der Waals surface area contributed by atoms with Gasteiger partial charge in [-0.05, 0) is 19.8 Å². The average Bonchev–Trinajstić information content (AvgIpc) is 2.53. The average molecular weight is 223 g/mol. The number of carbonyl (C=O) groups excluding carboxylic acids is 1. The lowest BCUT2D eigenvalue weighted by atomic mass is 9.94. The fraction of sp³-hybridized carbons (Fsp3) is 0.667. The number of aromatic nitrogens is 1. The van der Waals surface area contributed by atoms with Crippen molar-refractivity contribution in [1.29, 1.82) is 0 Å². The lowest BCUT2D eigenvalue weighted by Crippen LogP contribution is -2.13. The number of carbonyl (C=O) groups is 1. The number of rotatable bonds is 2. The van der Waals surface area contributed by atoms with E-state index in [-0.39, 0.29) is 5.92 Å². The summed E-state index contributed by atoms with van der Waals surface area (Å²) in [5.74, 6) is 0.614.